The molecule has 3 aromatic carbocycles. The molecule has 0 aromatic heterocycles. The van der Waals surface area contributed by atoms with Gasteiger partial charge in [0.05, 0.1) is 13.3 Å². The van der Waals surface area contributed by atoms with E-state index in [1.165, 1.54) is 0 Å². The van der Waals surface area contributed by atoms with Crippen molar-refractivity contribution in [1.29, 1.82) is 0 Å². The molecule has 142 valence electrons. The third-order valence-corrected chi connectivity index (χ3v) is 4.42. The highest BCUT2D eigenvalue weighted by Crippen LogP contribution is 2.19. The van der Waals surface area contributed by atoms with Gasteiger partial charge in [0.1, 0.15) is 18.1 Å². The van der Waals surface area contributed by atoms with Crippen molar-refractivity contribution < 1.29 is 14.3 Å². The molecule has 0 atom stereocenters. The van der Waals surface area contributed by atoms with E-state index in [4.69, 9.17) is 9.47 Å². The molecule has 3 aromatic rings. The predicted molar refractivity (Wildman–Crippen MR) is 113 cm³/mol. The topological polar surface area (TPSA) is 59.9 Å². The molecular formula is C22H19BrN2O3. The standard InChI is InChI=1S/C22H19BrN2O3/c1-27-20-11-9-17(10-12-20)22(26)25-24-14-18-6-2-3-8-21(18)28-15-16-5-4-7-19(23)13-16/h2-14H,15H2,1H3,(H,25,26). The molecule has 5 nitrogen and oxygen atoms in total. The second-order valence-corrected chi connectivity index (χ2v) is 6.80. The smallest absolute Gasteiger partial charge is 0.271 e. The van der Waals surface area contributed by atoms with Crippen LogP contribution >= 0.6 is 15.9 Å². The number of hydrazone groups is 1. The molecule has 0 aliphatic heterocycles. The fourth-order valence-corrected chi connectivity index (χ4v) is 2.92. The summed E-state index contributed by atoms with van der Waals surface area (Å²) in [6.45, 7) is 0.433. The van der Waals surface area contributed by atoms with Gasteiger partial charge in [-0.15, -0.1) is 0 Å². The molecule has 0 saturated carbocycles. The van der Waals surface area contributed by atoms with Gasteiger partial charge < -0.3 is 9.47 Å². The Balaban J connectivity index is 1.62. The van der Waals surface area contributed by atoms with E-state index in [-0.39, 0.29) is 5.91 Å². The van der Waals surface area contributed by atoms with Gasteiger partial charge in [-0.2, -0.15) is 5.10 Å². The highest BCUT2D eigenvalue weighted by atomic mass is 79.9. The first-order valence-electron chi connectivity index (χ1n) is 8.59. The Bertz CT molecular complexity index is 972. The number of halogens is 1. The highest BCUT2D eigenvalue weighted by molar-refractivity contribution is 9.10. The predicted octanol–water partition coefficient (Wildman–Crippen LogP) is 4.80. The number of benzene rings is 3. The molecular weight excluding hydrogens is 420 g/mol. The summed E-state index contributed by atoms with van der Waals surface area (Å²) in [5, 5.41) is 4.05. The zero-order chi connectivity index (χ0) is 19.8. The summed E-state index contributed by atoms with van der Waals surface area (Å²) in [6.07, 6.45) is 1.57. The van der Waals surface area contributed by atoms with Crippen molar-refractivity contribution in [3.63, 3.8) is 0 Å². The van der Waals surface area contributed by atoms with Crippen LogP contribution in [0.1, 0.15) is 21.5 Å². The first kappa shape index (κ1) is 19.6. The number of ether oxygens (including phenoxy) is 2. The molecule has 3 rings (SSSR count). The van der Waals surface area contributed by atoms with Crippen LogP contribution in [0.25, 0.3) is 0 Å². The van der Waals surface area contributed by atoms with E-state index >= 15 is 0 Å². The summed E-state index contributed by atoms with van der Waals surface area (Å²) in [4.78, 5) is 12.2. The number of carbonyl (C=O) groups excluding carboxylic acids is 1. The van der Waals surface area contributed by atoms with Crippen molar-refractivity contribution in [1.82, 2.24) is 5.43 Å². The number of para-hydroxylation sites is 1. The minimum absolute atomic E-state index is 0.300. The van der Waals surface area contributed by atoms with Crippen molar-refractivity contribution in [3.8, 4) is 11.5 Å². The molecule has 1 amide bonds. The van der Waals surface area contributed by atoms with Gasteiger partial charge in [-0.25, -0.2) is 5.43 Å². The van der Waals surface area contributed by atoms with Gasteiger partial charge in [0.25, 0.3) is 5.91 Å². The number of carbonyl (C=O) groups is 1. The number of nitrogens with zero attached hydrogens (tertiary/aromatic N) is 1. The Morgan fingerprint density at radius 1 is 1.07 bits per heavy atom. The maximum Gasteiger partial charge on any atom is 0.271 e. The lowest BCUT2D eigenvalue weighted by Gasteiger charge is -2.09. The Kier molecular flexibility index (Phi) is 6.81. The molecule has 0 fully saturated rings. The van der Waals surface area contributed by atoms with Crippen LogP contribution in [0.15, 0.2) is 82.4 Å². The number of methoxy groups -OCH3 is 1. The molecule has 1 N–H and O–H groups in total. The first-order valence-corrected chi connectivity index (χ1v) is 9.39. The molecule has 0 spiro atoms. The molecule has 0 heterocycles. The number of amides is 1. The lowest BCUT2D eigenvalue weighted by molar-refractivity contribution is 0.0955. The van der Waals surface area contributed by atoms with E-state index in [2.05, 4.69) is 26.5 Å². The number of rotatable bonds is 7. The lowest BCUT2D eigenvalue weighted by Crippen LogP contribution is -2.17. The van der Waals surface area contributed by atoms with Crippen molar-refractivity contribution in [2.45, 2.75) is 6.61 Å². The van der Waals surface area contributed by atoms with Crippen molar-refractivity contribution in [3.05, 3.63) is 94.0 Å². The number of nitrogens with one attached hydrogen (secondary N) is 1. The third kappa shape index (κ3) is 5.44. The lowest BCUT2D eigenvalue weighted by atomic mass is 10.2. The second kappa shape index (κ2) is 9.71. The zero-order valence-corrected chi connectivity index (χ0v) is 16.8. The van der Waals surface area contributed by atoms with Crippen LogP contribution in [0.5, 0.6) is 11.5 Å². The maximum absolute atomic E-state index is 12.2. The van der Waals surface area contributed by atoms with Gasteiger partial charge in [0, 0.05) is 15.6 Å². The van der Waals surface area contributed by atoms with Crippen molar-refractivity contribution in [2.75, 3.05) is 7.11 Å². The van der Waals surface area contributed by atoms with Crippen LogP contribution in [-0.4, -0.2) is 19.2 Å². The molecule has 6 heteroatoms. The van der Waals surface area contributed by atoms with Crippen molar-refractivity contribution >= 4 is 28.1 Å². The average molecular weight is 439 g/mol. The van der Waals surface area contributed by atoms with Crippen LogP contribution in [-0.2, 0) is 6.61 Å². The minimum Gasteiger partial charge on any atom is -0.497 e. The zero-order valence-electron chi connectivity index (χ0n) is 15.3. The van der Waals surface area contributed by atoms with Crippen molar-refractivity contribution in [2.24, 2.45) is 5.10 Å². The van der Waals surface area contributed by atoms with E-state index < -0.39 is 0 Å². The van der Waals surface area contributed by atoms with E-state index in [0.29, 0.717) is 23.7 Å². The Labute approximate surface area is 172 Å². The summed E-state index contributed by atoms with van der Waals surface area (Å²) in [7, 11) is 1.58. The largest absolute Gasteiger partial charge is 0.497 e. The molecule has 0 aliphatic rings. The molecule has 0 aliphatic carbocycles. The molecule has 0 bridgehead atoms. The number of hydrogen-bond donors (Lipinski definition) is 1. The van der Waals surface area contributed by atoms with E-state index in [1.807, 2.05) is 48.5 Å². The average Bonchev–Trinajstić information content (AvgIpc) is 2.73. The van der Waals surface area contributed by atoms with E-state index in [9.17, 15) is 4.79 Å². The monoisotopic (exact) mass is 438 g/mol. The Hall–Kier alpha value is -3.12. The molecule has 0 unspecified atom stereocenters. The quantitative estimate of drug-likeness (QED) is 0.425. The second-order valence-electron chi connectivity index (χ2n) is 5.88. The highest BCUT2D eigenvalue weighted by Gasteiger charge is 2.05. The van der Waals surface area contributed by atoms with Crippen LogP contribution < -0.4 is 14.9 Å². The van der Waals surface area contributed by atoms with Gasteiger partial charge in [-0.1, -0.05) is 40.2 Å². The maximum atomic E-state index is 12.2. The van der Waals surface area contributed by atoms with E-state index in [0.717, 1.165) is 15.6 Å². The minimum atomic E-state index is -0.300. The summed E-state index contributed by atoms with van der Waals surface area (Å²) in [5.74, 6) is 1.08. The SMILES string of the molecule is COc1ccc(C(=O)NN=Cc2ccccc2OCc2cccc(Br)c2)cc1. The fraction of sp³-hybridized carbons (Fsp3) is 0.0909. The molecule has 28 heavy (non-hydrogen) atoms. The van der Waals surface area contributed by atoms with Gasteiger partial charge in [-0.3, -0.25) is 4.79 Å². The third-order valence-electron chi connectivity index (χ3n) is 3.92. The van der Waals surface area contributed by atoms with E-state index in [1.54, 1.807) is 37.6 Å². The summed E-state index contributed by atoms with van der Waals surface area (Å²) < 4.78 is 12.0. The summed E-state index contributed by atoms with van der Waals surface area (Å²) in [6, 6.07) is 22.3. The summed E-state index contributed by atoms with van der Waals surface area (Å²) >= 11 is 3.45. The number of hydrogen-bond acceptors (Lipinski definition) is 4. The van der Waals surface area contributed by atoms with Crippen LogP contribution in [0.2, 0.25) is 0 Å². The fourth-order valence-electron chi connectivity index (χ4n) is 2.47. The van der Waals surface area contributed by atoms with Gasteiger partial charge in [0.2, 0.25) is 0 Å². The first-order chi connectivity index (χ1) is 13.7. The Morgan fingerprint density at radius 2 is 1.86 bits per heavy atom. The van der Waals surface area contributed by atoms with Gasteiger partial charge in [0.15, 0.2) is 0 Å². The van der Waals surface area contributed by atoms with Gasteiger partial charge in [-0.05, 0) is 54.1 Å². The molecule has 0 radical (unpaired) electrons. The van der Waals surface area contributed by atoms with Crippen LogP contribution in [0.4, 0.5) is 0 Å². The normalized spacial score (nSPS) is 10.6. The summed E-state index contributed by atoms with van der Waals surface area (Å²) in [5.41, 5.74) is 4.84. The van der Waals surface area contributed by atoms with Crippen LogP contribution in [0.3, 0.4) is 0 Å². The van der Waals surface area contributed by atoms with Gasteiger partial charge >= 0.3 is 0 Å². The van der Waals surface area contributed by atoms with Crippen LogP contribution in [0, 0.1) is 0 Å². The Morgan fingerprint density at radius 3 is 2.61 bits per heavy atom. The molecule has 0 saturated heterocycles.